The van der Waals surface area contributed by atoms with Gasteiger partial charge in [-0.25, -0.2) is 13.2 Å². The zero-order valence-corrected chi connectivity index (χ0v) is 16.1. The number of methoxy groups -OCH3 is 1. The van der Waals surface area contributed by atoms with E-state index in [0.717, 1.165) is 0 Å². The van der Waals surface area contributed by atoms with Crippen molar-refractivity contribution in [2.45, 2.75) is 4.90 Å². The Kier molecular flexibility index (Phi) is 5.50. The minimum Gasteiger partial charge on any atom is -0.496 e. The molecule has 0 bridgehead atoms. The Hall–Kier alpha value is -2.42. The molecule has 1 N–H and O–H groups in total. The summed E-state index contributed by atoms with van der Waals surface area (Å²) >= 11 is 0. The fourth-order valence-corrected chi connectivity index (χ4v) is 4.58. The molecule has 1 aliphatic heterocycles. The van der Waals surface area contributed by atoms with Crippen LogP contribution in [0.25, 0.3) is 11.1 Å². The molecule has 2 aromatic carbocycles. The third-order valence-electron chi connectivity index (χ3n) is 4.67. The van der Waals surface area contributed by atoms with E-state index in [9.17, 15) is 18.3 Å². The number of piperazine rings is 1. The minimum absolute atomic E-state index is 0.0205. The van der Waals surface area contributed by atoms with Crippen LogP contribution >= 0.6 is 0 Å². The van der Waals surface area contributed by atoms with Gasteiger partial charge in [-0.1, -0.05) is 18.2 Å². The van der Waals surface area contributed by atoms with Gasteiger partial charge in [-0.3, -0.25) is 0 Å². The van der Waals surface area contributed by atoms with Crippen LogP contribution in [-0.4, -0.2) is 69.0 Å². The van der Waals surface area contributed by atoms with Crippen LogP contribution in [0.15, 0.2) is 47.4 Å². The van der Waals surface area contributed by atoms with E-state index in [2.05, 4.69) is 4.90 Å². The van der Waals surface area contributed by atoms with Crippen LogP contribution in [-0.2, 0) is 10.0 Å². The van der Waals surface area contributed by atoms with Crippen LogP contribution < -0.4 is 4.74 Å². The molecule has 0 amide bonds. The Morgan fingerprint density at radius 3 is 2.37 bits per heavy atom. The molecule has 0 atom stereocenters. The maximum absolute atomic E-state index is 13.1. The van der Waals surface area contributed by atoms with Crippen molar-refractivity contribution in [3.63, 3.8) is 0 Å². The Labute approximate surface area is 158 Å². The molecule has 1 fully saturated rings. The monoisotopic (exact) mass is 390 g/mol. The Bertz CT molecular complexity index is 950. The average Bonchev–Trinajstić information content (AvgIpc) is 2.67. The van der Waals surface area contributed by atoms with Crippen molar-refractivity contribution < 1.29 is 23.1 Å². The highest BCUT2D eigenvalue weighted by molar-refractivity contribution is 7.89. The molecule has 144 valence electrons. The van der Waals surface area contributed by atoms with Crippen LogP contribution in [0.4, 0.5) is 0 Å². The molecule has 7 nitrogen and oxygen atoms in total. The van der Waals surface area contributed by atoms with Gasteiger partial charge in [-0.2, -0.15) is 4.31 Å². The molecule has 0 radical (unpaired) electrons. The van der Waals surface area contributed by atoms with E-state index >= 15 is 0 Å². The summed E-state index contributed by atoms with van der Waals surface area (Å²) in [6, 6.07) is 11.3. The number of carboxylic acid groups (broad SMARTS) is 1. The predicted molar refractivity (Wildman–Crippen MR) is 102 cm³/mol. The van der Waals surface area contributed by atoms with Crippen molar-refractivity contribution in [2.24, 2.45) is 0 Å². The van der Waals surface area contributed by atoms with E-state index < -0.39 is 16.0 Å². The zero-order chi connectivity index (χ0) is 19.6. The Morgan fingerprint density at radius 1 is 1.07 bits per heavy atom. The quantitative estimate of drug-likeness (QED) is 0.840. The maximum Gasteiger partial charge on any atom is 0.335 e. The number of carbonyl (C=O) groups is 1. The first-order valence-electron chi connectivity index (χ1n) is 8.53. The lowest BCUT2D eigenvalue weighted by Gasteiger charge is -2.31. The number of carboxylic acids is 1. The van der Waals surface area contributed by atoms with E-state index in [4.69, 9.17) is 4.74 Å². The summed E-state index contributed by atoms with van der Waals surface area (Å²) in [6.45, 7) is 2.02. The average molecular weight is 390 g/mol. The predicted octanol–water partition coefficient (Wildman–Crippen LogP) is 2.00. The van der Waals surface area contributed by atoms with Gasteiger partial charge in [0.15, 0.2) is 0 Å². The second-order valence-electron chi connectivity index (χ2n) is 6.46. The molecule has 8 heteroatoms. The summed E-state index contributed by atoms with van der Waals surface area (Å²) in [4.78, 5) is 13.6. The summed E-state index contributed by atoms with van der Waals surface area (Å²) < 4.78 is 32.9. The Morgan fingerprint density at radius 2 is 1.74 bits per heavy atom. The molecule has 0 aliphatic carbocycles. The van der Waals surface area contributed by atoms with Gasteiger partial charge in [-0.05, 0) is 36.9 Å². The smallest absolute Gasteiger partial charge is 0.335 e. The van der Waals surface area contributed by atoms with E-state index in [1.807, 2.05) is 7.05 Å². The first kappa shape index (κ1) is 19.3. The third-order valence-corrected chi connectivity index (χ3v) is 6.55. The van der Waals surface area contributed by atoms with Crippen LogP contribution in [0, 0.1) is 0 Å². The van der Waals surface area contributed by atoms with Crippen molar-refractivity contribution in [3.8, 4) is 16.9 Å². The summed E-state index contributed by atoms with van der Waals surface area (Å²) in [7, 11) is -0.334. The van der Waals surface area contributed by atoms with Gasteiger partial charge in [0, 0.05) is 31.7 Å². The number of para-hydroxylation sites is 1. The summed E-state index contributed by atoms with van der Waals surface area (Å²) in [5, 5.41) is 9.47. The first-order valence-corrected chi connectivity index (χ1v) is 9.97. The lowest BCUT2D eigenvalue weighted by Crippen LogP contribution is -2.47. The lowest BCUT2D eigenvalue weighted by atomic mass is 10.0. The maximum atomic E-state index is 13.1. The summed E-state index contributed by atoms with van der Waals surface area (Å²) in [6.07, 6.45) is 0. The van der Waals surface area contributed by atoms with Crippen LogP contribution in [0.1, 0.15) is 10.4 Å². The minimum atomic E-state index is -3.79. The molecule has 0 saturated carbocycles. The van der Waals surface area contributed by atoms with Gasteiger partial charge in [0.05, 0.1) is 17.6 Å². The molecule has 27 heavy (non-hydrogen) atoms. The van der Waals surface area contributed by atoms with Crippen molar-refractivity contribution >= 4 is 16.0 Å². The number of sulfonamides is 1. The topological polar surface area (TPSA) is 87.1 Å². The molecule has 0 aromatic heterocycles. The van der Waals surface area contributed by atoms with E-state index in [0.29, 0.717) is 43.1 Å². The molecular weight excluding hydrogens is 368 g/mol. The summed E-state index contributed by atoms with van der Waals surface area (Å²) in [5.41, 5.74) is 1.05. The number of nitrogens with zero attached hydrogens (tertiary/aromatic N) is 2. The van der Waals surface area contributed by atoms with Crippen LogP contribution in [0.5, 0.6) is 5.75 Å². The fourth-order valence-electron chi connectivity index (χ4n) is 3.09. The highest BCUT2D eigenvalue weighted by atomic mass is 32.2. The molecule has 0 spiro atoms. The first-order chi connectivity index (χ1) is 12.8. The molecular formula is C19H22N2O5S. The summed E-state index contributed by atoms with van der Waals surface area (Å²) in [5.74, 6) is -0.635. The number of hydrogen-bond acceptors (Lipinski definition) is 5. The Balaban J connectivity index is 2.11. The number of ether oxygens (including phenoxy) is 1. The number of likely N-dealkylation sites (N-methyl/N-ethyl adjacent to an activating group) is 1. The van der Waals surface area contributed by atoms with Gasteiger partial charge in [-0.15, -0.1) is 0 Å². The number of rotatable bonds is 5. The lowest BCUT2D eigenvalue weighted by molar-refractivity contribution is 0.0696. The molecule has 1 aliphatic rings. The number of benzene rings is 2. The van der Waals surface area contributed by atoms with E-state index in [1.165, 1.54) is 29.6 Å². The molecule has 1 saturated heterocycles. The standard InChI is InChI=1S/C19H22N2O5S/c1-20-7-9-21(10-8-20)27(24,25)16-12-14(11-15(13-16)19(22)23)17-5-3-4-6-18(17)26-2/h3-6,11-13H,7-10H2,1-2H3,(H,22,23). The fraction of sp³-hybridized carbons (Fsp3) is 0.316. The molecule has 0 unspecified atom stereocenters. The van der Waals surface area contributed by atoms with Gasteiger partial charge < -0.3 is 14.7 Å². The third kappa shape index (κ3) is 3.97. The number of hydrogen-bond donors (Lipinski definition) is 1. The van der Waals surface area contributed by atoms with E-state index in [1.54, 1.807) is 24.3 Å². The molecule has 3 rings (SSSR count). The van der Waals surface area contributed by atoms with Gasteiger partial charge >= 0.3 is 5.97 Å². The number of aromatic carboxylic acids is 1. The van der Waals surface area contributed by atoms with E-state index in [-0.39, 0.29) is 10.5 Å². The highest BCUT2D eigenvalue weighted by Gasteiger charge is 2.29. The largest absolute Gasteiger partial charge is 0.496 e. The molecule has 1 heterocycles. The SMILES string of the molecule is COc1ccccc1-c1cc(C(=O)O)cc(S(=O)(=O)N2CCN(C)CC2)c1. The highest BCUT2D eigenvalue weighted by Crippen LogP contribution is 2.33. The van der Waals surface area contributed by atoms with Crippen LogP contribution in [0.2, 0.25) is 0 Å². The van der Waals surface area contributed by atoms with Crippen molar-refractivity contribution in [1.29, 1.82) is 0 Å². The second kappa shape index (κ2) is 7.67. The van der Waals surface area contributed by atoms with Gasteiger partial charge in [0.1, 0.15) is 5.75 Å². The second-order valence-corrected chi connectivity index (χ2v) is 8.40. The molecule has 2 aromatic rings. The normalized spacial score (nSPS) is 16.2. The zero-order valence-electron chi connectivity index (χ0n) is 15.3. The van der Waals surface area contributed by atoms with Crippen molar-refractivity contribution in [2.75, 3.05) is 40.3 Å². The van der Waals surface area contributed by atoms with Gasteiger partial charge in [0.2, 0.25) is 10.0 Å². The van der Waals surface area contributed by atoms with Crippen LogP contribution in [0.3, 0.4) is 0 Å². The van der Waals surface area contributed by atoms with Gasteiger partial charge in [0.25, 0.3) is 0 Å². The van der Waals surface area contributed by atoms with Crippen molar-refractivity contribution in [3.05, 3.63) is 48.0 Å². The van der Waals surface area contributed by atoms with Crippen molar-refractivity contribution in [1.82, 2.24) is 9.21 Å².